The number of rotatable bonds is 3. The van der Waals surface area contributed by atoms with Crippen LogP contribution in [0.3, 0.4) is 0 Å². The normalized spacial score (nSPS) is 19.7. The SMILES string of the molecule is CC1(c2ccccc2)NC(=O)N(NC(=O)c2cc(F)ccc2O)C1=O. The van der Waals surface area contributed by atoms with E-state index in [4.69, 9.17) is 0 Å². The molecule has 0 aromatic heterocycles. The fourth-order valence-corrected chi connectivity index (χ4v) is 2.56. The molecule has 128 valence electrons. The first-order valence-corrected chi connectivity index (χ1v) is 7.34. The van der Waals surface area contributed by atoms with Gasteiger partial charge in [0.25, 0.3) is 11.8 Å². The van der Waals surface area contributed by atoms with Gasteiger partial charge in [0, 0.05) is 0 Å². The van der Waals surface area contributed by atoms with Gasteiger partial charge in [-0.15, -0.1) is 0 Å². The number of carbonyl (C=O) groups is 3. The second-order valence-corrected chi connectivity index (χ2v) is 5.66. The Bertz CT molecular complexity index is 871. The number of hydrazine groups is 1. The van der Waals surface area contributed by atoms with Crippen molar-refractivity contribution in [3.63, 3.8) is 0 Å². The van der Waals surface area contributed by atoms with Crippen molar-refractivity contribution in [2.24, 2.45) is 0 Å². The van der Waals surface area contributed by atoms with Crippen molar-refractivity contribution in [1.29, 1.82) is 0 Å². The Labute approximate surface area is 142 Å². The van der Waals surface area contributed by atoms with Gasteiger partial charge < -0.3 is 10.4 Å². The molecule has 0 aliphatic carbocycles. The molecule has 25 heavy (non-hydrogen) atoms. The molecule has 0 saturated carbocycles. The van der Waals surface area contributed by atoms with Gasteiger partial charge in [-0.3, -0.25) is 15.0 Å². The molecule has 0 radical (unpaired) electrons. The largest absolute Gasteiger partial charge is 0.507 e. The highest BCUT2D eigenvalue weighted by molar-refractivity contribution is 6.09. The lowest BCUT2D eigenvalue weighted by molar-refractivity contribution is -0.132. The lowest BCUT2D eigenvalue weighted by Gasteiger charge is -2.22. The number of phenolic OH excluding ortho intramolecular Hbond substituents is 1. The summed E-state index contributed by atoms with van der Waals surface area (Å²) >= 11 is 0. The van der Waals surface area contributed by atoms with Crippen LogP contribution >= 0.6 is 0 Å². The van der Waals surface area contributed by atoms with Crippen LogP contribution < -0.4 is 10.7 Å². The van der Waals surface area contributed by atoms with E-state index in [2.05, 4.69) is 10.7 Å². The van der Waals surface area contributed by atoms with Crippen LogP contribution in [0.5, 0.6) is 5.75 Å². The molecule has 1 heterocycles. The molecular weight excluding hydrogens is 329 g/mol. The van der Waals surface area contributed by atoms with Crippen molar-refractivity contribution in [3.8, 4) is 5.75 Å². The molecule has 4 amide bonds. The van der Waals surface area contributed by atoms with Gasteiger partial charge in [-0.1, -0.05) is 30.3 Å². The molecule has 1 atom stereocenters. The lowest BCUT2D eigenvalue weighted by Crippen LogP contribution is -2.47. The quantitative estimate of drug-likeness (QED) is 0.738. The highest BCUT2D eigenvalue weighted by atomic mass is 19.1. The standard InChI is InChI=1S/C17H14FN3O4/c1-17(10-5-3-2-4-6-10)15(24)21(16(25)19-17)20-14(23)12-9-11(18)7-8-13(12)22/h2-9,22H,1H3,(H,19,25)(H,20,23). The fourth-order valence-electron chi connectivity index (χ4n) is 2.56. The van der Waals surface area contributed by atoms with E-state index < -0.39 is 40.5 Å². The molecule has 3 N–H and O–H groups in total. The predicted octanol–water partition coefficient (Wildman–Crippen LogP) is 1.64. The summed E-state index contributed by atoms with van der Waals surface area (Å²) in [7, 11) is 0. The summed E-state index contributed by atoms with van der Waals surface area (Å²) in [4.78, 5) is 37.0. The molecule has 0 spiro atoms. The topological polar surface area (TPSA) is 98.7 Å². The first kappa shape index (κ1) is 16.4. The van der Waals surface area contributed by atoms with Gasteiger partial charge in [0.2, 0.25) is 0 Å². The average molecular weight is 343 g/mol. The second-order valence-electron chi connectivity index (χ2n) is 5.66. The van der Waals surface area contributed by atoms with Crippen LogP contribution in [0.2, 0.25) is 0 Å². The van der Waals surface area contributed by atoms with Crippen molar-refractivity contribution in [2.45, 2.75) is 12.5 Å². The molecule has 1 fully saturated rings. The maximum atomic E-state index is 13.3. The van der Waals surface area contributed by atoms with Gasteiger partial charge in [-0.25, -0.2) is 9.18 Å². The Balaban J connectivity index is 1.86. The number of benzene rings is 2. The molecular formula is C17H14FN3O4. The van der Waals surface area contributed by atoms with Gasteiger partial charge in [0.15, 0.2) is 0 Å². The molecule has 2 aromatic carbocycles. The maximum Gasteiger partial charge on any atom is 0.344 e. The van der Waals surface area contributed by atoms with E-state index in [9.17, 15) is 23.9 Å². The molecule has 2 aromatic rings. The highest BCUT2D eigenvalue weighted by Crippen LogP contribution is 2.28. The van der Waals surface area contributed by atoms with Crippen LogP contribution in [0, 0.1) is 5.82 Å². The number of hydrogen-bond acceptors (Lipinski definition) is 4. The summed E-state index contributed by atoms with van der Waals surface area (Å²) in [5, 5.41) is 12.7. The molecule has 1 aliphatic rings. The zero-order valence-electron chi connectivity index (χ0n) is 13.1. The number of imide groups is 1. The van der Waals surface area contributed by atoms with Crippen molar-refractivity contribution < 1.29 is 23.9 Å². The van der Waals surface area contributed by atoms with Crippen LogP contribution in [0.15, 0.2) is 48.5 Å². The van der Waals surface area contributed by atoms with Gasteiger partial charge in [-0.2, -0.15) is 5.01 Å². The Morgan fingerprint density at radius 2 is 1.88 bits per heavy atom. The summed E-state index contributed by atoms with van der Waals surface area (Å²) in [6.45, 7) is 1.51. The molecule has 0 bridgehead atoms. The smallest absolute Gasteiger partial charge is 0.344 e. The number of carbonyl (C=O) groups excluding carboxylic acids is 3. The Hall–Kier alpha value is -3.42. The third kappa shape index (κ3) is 2.78. The summed E-state index contributed by atoms with van der Waals surface area (Å²) in [6, 6.07) is 10.5. The predicted molar refractivity (Wildman–Crippen MR) is 84.7 cm³/mol. The Morgan fingerprint density at radius 3 is 2.56 bits per heavy atom. The zero-order valence-corrected chi connectivity index (χ0v) is 13.1. The van der Waals surface area contributed by atoms with Crippen LogP contribution in [-0.4, -0.2) is 28.0 Å². The van der Waals surface area contributed by atoms with Gasteiger partial charge >= 0.3 is 6.03 Å². The van der Waals surface area contributed by atoms with E-state index in [1.54, 1.807) is 30.3 Å². The minimum absolute atomic E-state index is 0.395. The molecule has 7 nitrogen and oxygen atoms in total. The summed E-state index contributed by atoms with van der Waals surface area (Å²) < 4.78 is 13.3. The molecule has 1 unspecified atom stereocenters. The van der Waals surface area contributed by atoms with E-state index >= 15 is 0 Å². The average Bonchev–Trinajstić information content (AvgIpc) is 2.82. The number of nitrogens with zero attached hydrogens (tertiary/aromatic N) is 1. The number of nitrogens with one attached hydrogen (secondary N) is 2. The third-order valence-corrected chi connectivity index (χ3v) is 3.96. The Morgan fingerprint density at radius 1 is 1.20 bits per heavy atom. The summed E-state index contributed by atoms with van der Waals surface area (Å²) in [6.07, 6.45) is 0. The van der Waals surface area contributed by atoms with Crippen molar-refractivity contribution in [3.05, 3.63) is 65.5 Å². The van der Waals surface area contributed by atoms with E-state index in [1.807, 2.05) is 0 Å². The molecule has 1 aliphatic heterocycles. The number of hydrogen-bond donors (Lipinski definition) is 3. The minimum Gasteiger partial charge on any atom is -0.507 e. The first-order chi connectivity index (χ1) is 11.8. The zero-order chi connectivity index (χ0) is 18.2. The van der Waals surface area contributed by atoms with E-state index in [0.717, 1.165) is 18.2 Å². The van der Waals surface area contributed by atoms with Crippen LogP contribution in [0.4, 0.5) is 9.18 Å². The van der Waals surface area contributed by atoms with E-state index in [-0.39, 0.29) is 0 Å². The second kappa shape index (κ2) is 5.90. The van der Waals surface area contributed by atoms with Crippen molar-refractivity contribution in [1.82, 2.24) is 15.8 Å². The highest BCUT2D eigenvalue weighted by Gasteiger charge is 2.50. The maximum absolute atomic E-state index is 13.3. The monoisotopic (exact) mass is 343 g/mol. The summed E-state index contributed by atoms with van der Waals surface area (Å²) in [5.74, 6) is -2.91. The molecule has 1 saturated heterocycles. The van der Waals surface area contributed by atoms with Crippen LogP contribution in [0.1, 0.15) is 22.8 Å². The number of phenols is 1. The van der Waals surface area contributed by atoms with E-state index in [0.29, 0.717) is 10.6 Å². The van der Waals surface area contributed by atoms with Gasteiger partial charge in [0.1, 0.15) is 17.1 Å². The number of urea groups is 1. The first-order valence-electron chi connectivity index (χ1n) is 7.34. The van der Waals surface area contributed by atoms with Crippen molar-refractivity contribution in [2.75, 3.05) is 0 Å². The summed E-state index contributed by atoms with van der Waals surface area (Å²) in [5.41, 5.74) is 0.888. The molecule has 3 rings (SSSR count). The number of amides is 4. The number of halogens is 1. The van der Waals surface area contributed by atoms with Crippen LogP contribution in [-0.2, 0) is 10.3 Å². The van der Waals surface area contributed by atoms with Gasteiger partial charge in [-0.05, 0) is 30.7 Å². The fraction of sp³-hybridized carbons (Fsp3) is 0.118. The van der Waals surface area contributed by atoms with Gasteiger partial charge in [0.05, 0.1) is 5.56 Å². The van der Waals surface area contributed by atoms with Crippen molar-refractivity contribution >= 4 is 17.8 Å². The van der Waals surface area contributed by atoms with E-state index in [1.165, 1.54) is 6.92 Å². The lowest BCUT2D eigenvalue weighted by atomic mass is 9.92. The third-order valence-electron chi connectivity index (χ3n) is 3.96. The molecule has 8 heteroatoms. The van der Waals surface area contributed by atoms with Crippen LogP contribution in [0.25, 0.3) is 0 Å². The number of aromatic hydroxyl groups is 1. The minimum atomic E-state index is -1.35. The Kier molecular flexibility index (Phi) is 3.88.